The molecule has 0 aliphatic heterocycles. The van der Waals surface area contributed by atoms with E-state index in [0.29, 0.717) is 0 Å². The van der Waals surface area contributed by atoms with E-state index in [-0.39, 0.29) is 0 Å². The fourth-order valence-electron chi connectivity index (χ4n) is 0.198. The number of nitrogens with zero attached hydrogens (tertiary/aromatic N) is 1. The largest absolute Gasteiger partial charge is 0.252 e. The molecule has 0 heterocycles. The van der Waals surface area contributed by atoms with Crippen LogP contribution in [0.15, 0.2) is 29.4 Å². The van der Waals surface area contributed by atoms with Gasteiger partial charge in [0, 0.05) is 6.20 Å². The third-order valence-electron chi connectivity index (χ3n) is 0.656. The maximum atomic E-state index is 5.13. The average molecular weight is 130 g/mol. The van der Waals surface area contributed by atoms with Crippen LogP contribution in [0.1, 0.15) is 6.92 Å². The minimum atomic E-state index is 1.00. The number of aliphatic imine (C=N–C) groups is 1. The van der Waals surface area contributed by atoms with Gasteiger partial charge in [-0.05, 0) is 12.5 Å². The lowest BCUT2D eigenvalue weighted by Gasteiger charge is -1.80. The lowest BCUT2D eigenvalue weighted by atomic mass is 10.3. The molecule has 8 heavy (non-hydrogen) atoms. The van der Waals surface area contributed by atoms with E-state index < -0.39 is 0 Å². The number of rotatable bonds is 2. The van der Waals surface area contributed by atoms with Gasteiger partial charge in [-0.3, -0.25) is 4.99 Å². The third-order valence-corrected chi connectivity index (χ3v) is 0.769. The van der Waals surface area contributed by atoms with Gasteiger partial charge in [0.1, 0.15) is 0 Å². The maximum Gasteiger partial charge on any atom is 0.0926 e. The summed E-state index contributed by atoms with van der Waals surface area (Å²) in [6.07, 6.45) is 3.35. The Morgan fingerprint density at radius 2 is 2.38 bits per heavy atom. The van der Waals surface area contributed by atoms with Crippen LogP contribution in [0.3, 0.4) is 0 Å². The highest BCUT2D eigenvalue weighted by molar-refractivity contribution is 6.56. The molecule has 0 aliphatic carbocycles. The lowest BCUT2D eigenvalue weighted by Crippen LogP contribution is -1.61. The number of halogens is 1. The molecule has 0 aromatic rings. The molecular formula is C6H8ClN. The Labute approximate surface area is 54.4 Å². The molecule has 0 bridgehead atoms. The molecule has 0 amide bonds. The highest BCUT2D eigenvalue weighted by atomic mass is 35.5. The van der Waals surface area contributed by atoms with E-state index in [0.717, 1.165) is 5.57 Å². The Bertz CT molecular complexity index is 124. The maximum absolute atomic E-state index is 5.13. The normalized spacial score (nSPS) is 12.5. The Balaban J connectivity index is 3.74. The molecule has 0 aliphatic rings. The highest BCUT2D eigenvalue weighted by Crippen LogP contribution is 1.91. The van der Waals surface area contributed by atoms with Gasteiger partial charge >= 0.3 is 0 Å². The van der Waals surface area contributed by atoms with Crippen LogP contribution in [0.25, 0.3) is 0 Å². The van der Waals surface area contributed by atoms with Crippen LogP contribution in [0.2, 0.25) is 0 Å². The fourth-order valence-corrected chi connectivity index (χ4v) is 0.255. The van der Waals surface area contributed by atoms with Crippen molar-refractivity contribution in [3.8, 4) is 0 Å². The van der Waals surface area contributed by atoms with Crippen molar-refractivity contribution in [1.82, 2.24) is 0 Å². The van der Waals surface area contributed by atoms with Crippen molar-refractivity contribution >= 4 is 17.3 Å². The molecule has 0 radical (unpaired) electrons. The molecule has 0 spiro atoms. The fraction of sp³-hybridized carbons (Fsp3) is 0.167. The summed E-state index contributed by atoms with van der Waals surface area (Å²) >= 11 is 5.13. The van der Waals surface area contributed by atoms with E-state index in [1.807, 2.05) is 6.92 Å². The molecule has 0 aromatic carbocycles. The molecule has 0 aromatic heterocycles. The molecule has 1 nitrogen and oxygen atoms in total. The van der Waals surface area contributed by atoms with Crippen molar-refractivity contribution in [2.75, 3.05) is 0 Å². The SMILES string of the molecule is C=C/C(C)=C\N=CCl. The second kappa shape index (κ2) is 4.60. The summed E-state index contributed by atoms with van der Waals surface area (Å²) in [4.78, 5) is 3.65. The first-order chi connectivity index (χ1) is 3.81. The Hall–Kier alpha value is -0.560. The van der Waals surface area contributed by atoms with Gasteiger partial charge < -0.3 is 0 Å². The van der Waals surface area contributed by atoms with Gasteiger partial charge in [-0.1, -0.05) is 24.3 Å². The third kappa shape index (κ3) is 3.62. The summed E-state index contributed by atoms with van der Waals surface area (Å²) in [6.45, 7) is 5.43. The molecule has 0 unspecified atom stereocenters. The topological polar surface area (TPSA) is 12.4 Å². The molecule has 44 valence electrons. The number of allylic oxidation sites excluding steroid dienone is 2. The summed E-state index contributed by atoms with van der Waals surface area (Å²) in [6, 6.07) is 0. The van der Waals surface area contributed by atoms with E-state index in [9.17, 15) is 0 Å². The molecule has 0 saturated carbocycles. The van der Waals surface area contributed by atoms with Crippen LogP contribution in [-0.2, 0) is 0 Å². The Kier molecular flexibility index (Phi) is 4.27. The van der Waals surface area contributed by atoms with Gasteiger partial charge in [-0.25, -0.2) is 0 Å². The summed E-state index contributed by atoms with van der Waals surface area (Å²) in [5.74, 6) is 0. The summed E-state index contributed by atoms with van der Waals surface area (Å²) in [5.41, 5.74) is 2.22. The van der Waals surface area contributed by atoms with E-state index >= 15 is 0 Å². The number of hydrogen-bond acceptors (Lipinski definition) is 1. The quantitative estimate of drug-likeness (QED) is 0.401. The van der Waals surface area contributed by atoms with Crippen molar-refractivity contribution in [3.05, 3.63) is 24.4 Å². The minimum Gasteiger partial charge on any atom is -0.252 e. The monoisotopic (exact) mass is 129 g/mol. The second-order valence-corrected chi connectivity index (χ2v) is 1.52. The second-order valence-electron chi connectivity index (χ2n) is 1.32. The standard InChI is InChI=1S/C6H8ClN/c1-3-6(2)4-8-5-7/h3-5H,1H2,2H3/b6-4-,8-5?. The Morgan fingerprint density at radius 3 is 2.75 bits per heavy atom. The summed E-state index contributed by atoms with van der Waals surface area (Å²) < 4.78 is 0. The van der Waals surface area contributed by atoms with Gasteiger partial charge in [-0.2, -0.15) is 0 Å². The molecule has 0 N–H and O–H groups in total. The van der Waals surface area contributed by atoms with E-state index in [4.69, 9.17) is 11.6 Å². The molecule has 0 rings (SSSR count). The first-order valence-electron chi connectivity index (χ1n) is 2.22. The molecule has 0 fully saturated rings. The van der Waals surface area contributed by atoms with Crippen LogP contribution in [0, 0.1) is 0 Å². The smallest absolute Gasteiger partial charge is 0.0926 e. The predicted molar refractivity (Wildman–Crippen MR) is 38.3 cm³/mol. The van der Waals surface area contributed by atoms with Crippen molar-refractivity contribution in [3.63, 3.8) is 0 Å². The number of hydrogen-bond donors (Lipinski definition) is 0. The molecule has 0 atom stereocenters. The van der Waals surface area contributed by atoms with Gasteiger partial charge in [0.15, 0.2) is 0 Å². The van der Waals surface area contributed by atoms with Gasteiger partial charge in [0.05, 0.1) is 5.67 Å². The minimum absolute atomic E-state index is 1.00. The zero-order valence-electron chi connectivity index (χ0n) is 4.76. The zero-order valence-corrected chi connectivity index (χ0v) is 5.52. The van der Waals surface area contributed by atoms with Gasteiger partial charge in [0.25, 0.3) is 0 Å². The van der Waals surface area contributed by atoms with E-state index in [1.165, 1.54) is 5.67 Å². The van der Waals surface area contributed by atoms with Gasteiger partial charge in [0.2, 0.25) is 0 Å². The Morgan fingerprint density at radius 1 is 1.75 bits per heavy atom. The van der Waals surface area contributed by atoms with Crippen LogP contribution in [0.4, 0.5) is 0 Å². The van der Waals surface area contributed by atoms with Gasteiger partial charge in [-0.15, -0.1) is 0 Å². The average Bonchev–Trinajstić information content (AvgIpc) is 1.83. The molecule has 2 heteroatoms. The molecular weight excluding hydrogens is 122 g/mol. The highest BCUT2D eigenvalue weighted by Gasteiger charge is 1.71. The van der Waals surface area contributed by atoms with E-state index in [2.05, 4.69) is 11.6 Å². The zero-order chi connectivity index (χ0) is 6.41. The van der Waals surface area contributed by atoms with Crippen LogP contribution >= 0.6 is 11.6 Å². The van der Waals surface area contributed by atoms with E-state index in [1.54, 1.807) is 12.3 Å². The van der Waals surface area contributed by atoms with Crippen molar-refractivity contribution in [2.45, 2.75) is 6.92 Å². The molecule has 0 saturated heterocycles. The van der Waals surface area contributed by atoms with Crippen molar-refractivity contribution in [1.29, 1.82) is 0 Å². The van der Waals surface area contributed by atoms with Crippen LogP contribution in [0.5, 0.6) is 0 Å². The summed E-state index contributed by atoms with van der Waals surface area (Å²) in [5, 5.41) is 0. The van der Waals surface area contributed by atoms with Crippen LogP contribution < -0.4 is 0 Å². The lowest BCUT2D eigenvalue weighted by molar-refractivity contribution is 1.45. The van der Waals surface area contributed by atoms with Crippen molar-refractivity contribution < 1.29 is 0 Å². The predicted octanol–water partition coefficient (Wildman–Crippen LogP) is 2.34. The first kappa shape index (κ1) is 7.44. The summed E-state index contributed by atoms with van der Waals surface area (Å²) in [7, 11) is 0. The van der Waals surface area contributed by atoms with Crippen LogP contribution in [-0.4, -0.2) is 5.67 Å². The first-order valence-corrected chi connectivity index (χ1v) is 2.66. The van der Waals surface area contributed by atoms with Crippen molar-refractivity contribution in [2.24, 2.45) is 4.99 Å².